The summed E-state index contributed by atoms with van der Waals surface area (Å²) in [6, 6.07) is 3.13. The highest BCUT2D eigenvalue weighted by Crippen LogP contribution is 2.13. The van der Waals surface area contributed by atoms with Gasteiger partial charge in [-0.05, 0) is 62.5 Å². The van der Waals surface area contributed by atoms with Crippen LogP contribution in [0.1, 0.15) is 71.8 Å². The Bertz CT molecular complexity index is 1280. The fourth-order valence-corrected chi connectivity index (χ4v) is 5.65. The molecule has 2 aliphatic rings. The monoisotopic (exact) mass is 654 g/mol. The predicted octanol–water partition coefficient (Wildman–Crippen LogP) is 0.932. The Morgan fingerprint density at radius 3 is 2.13 bits per heavy atom. The van der Waals surface area contributed by atoms with Crippen molar-refractivity contribution in [3.8, 4) is 0 Å². The third-order valence-electron chi connectivity index (χ3n) is 8.13. The fourth-order valence-electron chi connectivity index (χ4n) is 5.65. The van der Waals surface area contributed by atoms with Crippen LogP contribution in [0.25, 0.3) is 0 Å². The molecule has 2 heterocycles. The molecule has 2 aliphatic heterocycles. The lowest BCUT2D eigenvalue weighted by molar-refractivity contribution is -0.142. The molecular weight excluding hydrogens is 604 g/mol. The van der Waals surface area contributed by atoms with E-state index in [2.05, 4.69) is 31.9 Å². The Morgan fingerprint density at radius 2 is 1.51 bits per heavy atom. The van der Waals surface area contributed by atoms with E-state index < -0.39 is 59.8 Å². The molecule has 6 atom stereocenters. The second-order valence-electron chi connectivity index (χ2n) is 13.2. The van der Waals surface area contributed by atoms with E-state index in [1.165, 1.54) is 6.08 Å². The molecule has 1 aromatic carbocycles. The van der Waals surface area contributed by atoms with E-state index in [1.807, 2.05) is 33.8 Å². The number of rotatable bonds is 11. The molecule has 0 spiro atoms. The molecule has 1 aromatic rings. The molecule has 0 saturated carbocycles. The van der Waals surface area contributed by atoms with Crippen molar-refractivity contribution in [2.24, 2.45) is 11.8 Å². The highest BCUT2D eigenvalue weighted by Gasteiger charge is 2.34. The molecule has 13 nitrogen and oxygen atoms in total. The van der Waals surface area contributed by atoms with Gasteiger partial charge in [-0.25, -0.2) is 4.79 Å². The standard InChI is InChI=1S/C34H50N6O7/c1-20(2)17-26(38-29(41)23-15-10-16-35-23)31(43)36-24-13-8-9-14-25(34(46)47)37-33(45)28(19-22-11-6-5-7-12-22)40-32(44)27(18-21(3)4)39-30(24)42/h5-9,11-12,20-21,23-28,35H,10,13-19H2,1-4H3,(H,36,43)(H,37,45)(H,38,41)(H,39,42)(H,40,44)(H,46,47)/b9-8-/t23-,24?,25-,26-,27?,28-/m0/s1. The first kappa shape index (κ1) is 37.2. The van der Waals surface area contributed by atoms with Gasteiger partial charge in [-0.3, -0.25) is 24.0 Å². The molecule has 3 rings (SSSR count). The number of benzene rings is 1. The van der Waals surface area contributed by atoms with E-state index >= 15 is 0 Å². The summed E-state index contributed by atoms with van der Waals surface area (Å²) in [5.41, 5.74) is 0.750. The van der Waals surface area contributed by atoms with Gasteiger partial charge in [0.2, 0.25) is 29.5 Å². The second kappa shape index (κ2) is 18.2. The maximum atomic E-state index is 13.7. The van der Waals surface area contributed by atoms with Gasteiger partial charge in [-0.1, -0.05) is 70.2 Å². The molecule has 0 aliphatic carbocycles. The number of carboxylic acids is 1. The SMILES string of the molecule is CC(C)CC1NC(=O)C(NC(=O)[C@H](CC(C)C)NC(=O)[C@@H]2CCCN2)C/C=C\C[C@@H](C(=O)O)NC(=O)[C@H](Cc2ccccc2)NC1=O. The van der Waals surface area contributed by atoms with Crippen LogP contribution in [0.4, 0.5) is 0 Å². The van der Waals surface area contributed by atoms with E-state index in [0.29, 0.717) is 12.8 Å². The molecule has 5 amide bonds. The van der Waals surface area contributed by atoms with Crippen LogP contribution < -0.4 is 31.9 Å². The Hall–Kier alpha value is -4.26. The summed E-state index contributed by atoms with van der Waals surface area (Å²) in [6.07, 6.45) is 5.20. The Morgan fingerprint density at radius 1 is 0.851 bits per heavy atom. The van der Waals surface area contributed by atoms with Gasteiger partial charge in [0.05, 0.1) is 6.04 Å². The van der Waals surface area contributed by atoms with E-state index in [9.17, 15) is 33.9 Å². The highest BCUT2D eigenvalue weighted by atomic mass is 16.4. The summed E-state index contributed by atoms with van der Waals surface area (Å²) in [5.74, 6) is -3.93. The van der Waals surface area contributed by atoms with Gasteiger partial charge < -0.3 is 37.0 Å². The molecule has 7 N–H and O–H groups in total. The number of carbonyl (C=O) groups excluding carboxylic acids is 5. The average molecular weight is 655 g/mol. The Labute approximate surface area is 276 Å². The van der Waals surface area contributed by atoms with Crippen molar-refractivity contribution in [3.63, 3.8) is 0 Å². The fraction of sp³-hybridized carbons (Fsp3) is 0.588. The van der Waals surface area contributed by atoms with Crippen LogP contribution in [0.3, 0.4) is 0 Å². The summed E-state index contributed by atoms with van der Waals surface area (Å²) in [4.78, 5) is 79.2. The van der Waals surface area contributed by atoms with Gasteiger partial charge >= 0.3 is 5.97 Å². The summed E-state index contributed by atoms with van der Waals surface area (Å²) >= 11 is 0. The number of hydrogen-bond acceptors (Lipinski definition) is 7. The van der Waals surface area contributed by atoms with Crippen LogP contribution in [0.5, 0.6) is 0 Å². The molecule has 0 bridgehead atoms. The van der Waals surface area contributed by atoms with Crippen LogP contribution in [0.2, 0.25) is 0 Å². The van der Waals surface area contributed by atoms with Crippen molar-refractivity contribution < 1.29 is 33.9 Å². The van der Waals surface area contributed by atoms with E-state index in [0.717, 1.165) is 18.5 Å². The first-order chi connectivity index (χ1) is 22.3. The smallest absolute Gasteiger partial charge is 0.326 e. The molecule has 0 radical (unpaired) electrons. The summed E-state index contributed by atoms with van der Waals surface area (Å²) in [6.45, 7) is 8.34. The Balaban J connectivity index is 1.89. The number of nitrogens with one attached hydrogen (secondary N) is 6. The van der Waals surface area contributed by atoms with E-state index in [-0.39, 0.29) is 49.5 Å². The van der Waals surface area contributed by atoms with Crippen LogP contribution in [0, 0.1) is 11.8 Å². The number of aliphatic carboxylic acids is 1. The minimum absolute atomic E-state index is 0.0168. The molecule has 1 fully saturated rings. The zero-order valence-electron chi connectivity index (χ0n) is 27.7. The summed E-state index contributed by atoms with van der Waals surface area (Å²) in [5, 5.41) is 26.6. The topological polar surface area (TPSA) is 195 Å². The van der Waals surface area contributed by atoms with Gasteiger partial charge in [0.25, 0.3) is 0 Å². The zero-order chi connectivity index (χ0) is 34.5. The van der Waals surface area contributed by atoms with Gasteiger partial charge in [-0.2, -0.15) is 0 Å². The lowest BCUT2D eigenvalue weighted by Gasteiger charge is -2.28. The van der Waals surface area contributed by atoms with Crippen molar-refractivity contribution in [2.45, 2.75) is 109 Å². The van der Waals surface area contributed by atoms with Crippen LogP contribution in [0.15, 0.2) is 42.5 Å². The first-order valence-electron chi connectivity index (χ1n) is 16.5. The zero-order valence-corrected chi connectivity index (χ0v) is 27.7. The molecule has 47 heavy (non-hydrogen) atoms. The molecule has 0 aromatic heterocycles. The quantitative estimate of drug-likeness (QED) is 0.171. The van der Waals surface area contributed by atoms with Gasteiger partial charge in [0, 0.05) is 6.42 Å². The molecule has 1 saturated heterocycles. The number of carboxylic acid groups (broad SMARTS) is 1. The average Bonchev–Trinajstić information content (AvgIpc) is 3.55. The second-order valence-corrected chi connectivity index (χ2v) is 13.2. The number of hydrogen-bond donors (Lipinski definition) is 7. The molecule has 13 heteroatoms. The molecule has 258 valence electrons. The van der Waals surface area contributed by atoms with Gasteiger partial charge in [0.15, 0.2) is 0 Å². The van der Waals surface area contributed by atoms with Crippen molar-refractivity contribution in [1.29, 1.82) is 0 Å². The maximum absolute atomic E-state index is 13.7. The van der Waals surface area contributed by atoms with Crippen molar-refractivity contribution >= 4 is 35.5 Å². The minimum atomic E-state index is -1.29. The van der Waals surface area contributed by atoms with E-state index in [1.54, 1.807) is 30.3 Å². The number of carbonyl (C=O) groups is 6. The number of amides is 5. The van der Waals surface area contributed by atoms with Gasteiger partial charge in [-0.15, -0.1) is 0 Å². The van der Waals surface area contributed by atoms with Crippen molar-refractivity contribution in [1.82, 2.24) is 31.9 Å². The van der Waals surface area contributed by atoms with Crippen LogP contribution in [-0.2, 0) is 35.2 Å². The van der Waals surface area contributed by atoms with Crippen LogP contribution in [-0.4, -0.2) is 83.4 Å². The Kier molecular flexibility index (Phi) is 14.4. The first-order valence-corrected chi connectivity index (χ1v) is 16.5. The third-order valence-corrected chi connectivity index (χ3v) is 8.13. The largest absolute Gasteiger partial charge is 0.480 e. The summed E-state index contributed by atoms with van der Waals surface area (Å²) in [7, 11) is 0. The lowest BCUT2D eigenvalue weighted by Crippen LogP contribution is -2.59. The van der Waals surface area contributed by atoms with E-state index in [4.69, 9.17) is 0 Å². The molecule has 2 unspecified atom stereocenters. The van der Waals surface area contributed by atoms with Crippen molar-refractivity contribution in [2.75, 3.05) is 6.54 Å². The summed E-state index contributed by atoms with van der Waals surface area (Å²) < 4.78 is 0. The normalized spacial score (nSPS) is 25.6. The predicted molar refractivity (Wildman–Crippen MR) is 176 cm³/mol. The van der Waals surface area contributed by atoms with Gasteiger partial charge in [0.1, 0.15) is 30.2 Å². The van der Waals surface area contributed by atoms with Crippen LogP contribution >= 0.6 is 0 Å². The maximum Gasteiger partial charge on any atom is 0.326 e. The highest BCUT2D eigenvalue weighted by molar-refractivity contribution is 5.96. The molecular formula is C34H50N6O7. The lowest BCUT2D eigenvalue weighted by atomic mass is 9.99. The minimum Gasteiger partial charge on any atom is -0.480 e. The third kappa shape index (κ3) is 12.1. The van der Waals surface area contributed by atoms with Crippen molar-refractivity contribution in [3.05, 3.63) is 48.0 Å².